The first kappa shape index (κ1) is 18.7. The predicted octanol–water partition coefficient (Wildman–Crippen LogP) is 1.03. The number of ether oxygens (including phenoxy) is 1. The van der Waals surface area contributed by atoms with Gasteiger partial charge in [0.05, 0.1) is 13.0 Å². The molecule has 1 atom stereocenters. The van der Waals surface area contributed by atoms with Gasteiger partial charge in [-0.2, -0.15) is 0 Å². The fourth-order valence-electron chi connectivity index (χ4n) is 3.78. The molecule has 0 radical (unpaired) electrons. The molecule has 0 saturated carbocycles. The van der Waals surface area contributed by atoms with Crippen LogP contribution in [-0.4, -0.2) is 80.4 Å². The molecule has 2 amide bonds. The summed E-state index contributed by atoms with van der Waals surface area (Å²) in [6.07, 6.45) is 2.04. The van der Waals surface area contributed by atoms with Crippen LogP contribution in [0.3, 0.4) is 0 Å². The molecule has 2 aliphatic rings. The summed E-state index contributed by atoms with van der Waals surface area (Å²) in [5, 5.41) is 0. The van der Waals surface area contributed by atoms with Crippen LogP contribution in [0.1, 0.15) is 17.5 Å². The number of nitrogens with zero attached hydrogens (tertiary/aromatic N) is 3. The molecular formula is C20H29N3O3. The zero-order valence-corrected chi connectivity index (χ0v) is 16.0. The number of rotatable bonds is 5. The average Bonchev–Trinajstić information content (AvgIpc) is 2.87. The minimum absolute atomic E-state index is 0.105. The van der Waals surface area contributed by atoms with Crippen molar-refractivity contribution in [1.82, 2.24) is 14.7 Å². The van der Waals surface area contributed by atoms with E-state index in [1.165, 1.54) is 11.1 Å². The van der Waals surface area contributed by atoms with E-state index in [2.05, 4.69) is 17.0 Å². The van der Waals surface area contributed by atoms with Crippen LogP contribution in [0.25, 0.3) is 0 Å². The van der Waals surface area contributed by atoms with E-state index in [4.69, 9.17) is 4.74 Å². The third kappa shape index (κ3) is 4.18. The molecule has 2 aliphatic heterocycles. The normalized spacial score (nSPS) is 20.3. The Labute approximate surface area is 155 Å². The Morgan fingerprint density at radius 3 is 2.65 bits per heavy atom. The molecule has 1 fully saturated rings. The average molecular weight is 359 g/mol. The van der Waals surface area contributed by atoms with Crippen molar-refractivity contribution in [3.8, 4) is 5.75 Å². The molecule has 6 heteroatoms. The first-order valence-corrected chi connectivity index (χ1v) is 9.35. The third-order valence-corrected chi connectivity index (χ3v) is 5.41. The second-order valence-corrected chi connectivity index (χ2v) is 7.50. The highest BCUT2D eigenvalue weighted by atomic mass is 16.5. The van der Waals surface area contributed by atoms with Crippen molar-refractivity contribution in [3.63, 3.8) is 0 Å². The maximum atomic E-state index is 13.0. The van der Waals surface area contributed by atoms with Gasteiger partial charge in [-0.1, -0.05) is 6.07 Å². The number of methoxy groups -OCH3 is 1. The van der Waals surface area contributed by atoms with Gasteiger partial charge in [-0.15, -0.1) is 0 Å². The Kier molecular flexibility index (Phi) is 5.81. The number of hydrogen-bond acceptors (Lipinski definition) is 4. The third-order valence-electron chi connectivity index (χ3n) is 5.41. The second kappa shape index (κ2) is 8.08. The highest BCUT2D eigenvalue weighted by molar-refractivity contribution is 5.89. The molecule has 3 rings (SSSR count). The van der Waals surface area contributed by atoms with Crippen molar-refractivity contribution in [3.05, 3.63) is 29.3 Å². The monoisotopic (exact) mass is 359 g/mol. The van der Waals surface area contributed by atoms with Gasteiger partial charge in [0, 0.05) is 39.1 Å². The van der Waals surface area contributed by atoms with Gasteiger partial charge in [0.15, 0.2) is 0 Å². The molecule has 1 saturated heterocycles. The van der Waals surface area contributed by atoms with Crippen LogP contribution in [0, 0.1) is 5.92 Å². The molecule has 1 aromatic rings. The smallest absolute Gasteiger partial charge is 0.228 e. The summed E-state index contributed by atoms with van der Waals surface area (Å²) in [6.45, 7) is 3.51. The highest BCUT2D eigenvalue weighted by Gasteiger charge is 2.36. The molecule has 1 aromatic carbocycles. The molecule has 6 nitrogen and oxygen atoms in total. The van der Waals surface area contributed by atoms with Crippen LogP contribution in [0.4, 0.5) is 0 Å². The summed E-state index contributed by atoms with van der Waals surface area (Å²) in [5.41, 5.74) is 2.55. The van der Waals surface area contributed by atoms with Gasteiger partial charge in [-0.25, -0.2) is 0 Å². The fraction of sp³-hybridized carbons (Fsp3) is 0.600. The molecule has 0 unspecified atom stereocenters. The van der Waals surface area contributed by atoms with Crippen molar-refractivity contribution >= 4 is 11.8 Å². The minimum Gasteiger partial charge on any atom is -0.497 e. The van der Waals surface area contributed by atoms with Crippen molar-refractivity contribution in [2.24, 2.45) is 5.92 Å². The van der Waals surface area contributed by atoms with E-state index in [0.29, 0.717) is 26.1 Å². The molecule has 26 heavy (non-hydrogen) atoms. The maximum Gasteiger partial charge on any atom is 0.228 e. The fourth-order valence-corrected chi connectivity index (χ4v) is 3.78. The van der Waals surface area contributed by atoms with Gasteiger partial charge in [-0.3, -0.25) is 9.59 Å². The van der Waals surface area contributed by atoms with Crippen LogP contribution in [0.2, 0.25) is 0 Å². The summed E-state index contributed by atoms with van der Waals surface area (Å²) in [4.78, 5) is 31.0. The van der Waals surface area contributed by atoms with Crippen molar-refractivity contribution < 1.29 is 14.3 Å². The topological polar surface area (TPSA) is 53.1 Å². The van der Waals surface area contributed by atoms with Crippen LogP contribution in [0.5, 0.6) is 5.75 Å². The van der Waals surface area contributed by atoms with E-state index < -0.39 is 0 Å². The number of benzene rings is 1. The standard InChI is InChI=1S/C20H29N3O3/c1-21(2)10-11-23-14-17(13-19(23)24)20(25)22-8-6-15-4-5-18(26-3)12-16(15)7-9-22/h4-5,12,17H,6-11,13-14H2,1-3H3/t17-/m0/s1. The molecule has 0 aromatic heterocycles. The number of likely N-dealkylation sites (N-methyl/N-ethyl adjacent to an activating group) is 1. The Bertz CT molecular complexity index is 674. The lowest BCUT2D eigenvalue weighted by atomic mass is 10.0. The summed E-state index contributed by atoms with van der Waals surface area (Å²) >= 11 is 0. The van der Waals surface area contributed by atoms with Crippen molar-refractivity contribution in [2.45, 2.75) is 19.3 Å². The first-order valence-electron chi connectivity index (χ1n) is 9.35. The van der Waals surface area contributed by atoms with Gasteiger partial charge in [0.2, 0.25) is 11.8 Å². The quantitative estimate of drug-likeness (QED) is 0.788. The van der Waals surface area contributed by atoms with Crippen LogP contribution in [0.15, 0.2) is 18.2 Å². The van der Waals surface area contributed by atoms with E-state index in [9.17, 15) is 9.59 Å². The Morgan fingerprint density at radius 2 is 1.96 bits per heavy atom. The van der Waals surface area contributed by atoms with E-state index in [1.54, 1.807) is 7.11 Å². The number of carbonyl (C=O) groups is 2. The van der Waals surface area contributed by atoms with Crippen LogP contribution < -0.4 is 4.74 Å². The minimum atomic E-state index is -0.194. The summed E-state index contributed by atoms with van der Waals surface area (Å²) in [6, 6.07) is 6.16. The van der Waals surface area contributed by atoms with Gasteiger partial charge in [0.1, 0.15) is 5.75 Å². The highest BCUT2D eigenvalue weighted by Crippen LogP contribution is 2.24. The number of likely N-dealkylation sites (tertiary alicyclic amines) is 1. The number of fused-ring (bicyclic) bond motifs is 1. The van der Waals surface area contributed by atoms with Gasteiger partial charge in [-0.05, 0) is 50.2 Å². The summed E-state index contributed by atoms with van der Waals surface area (Å²) in [5.74, 6) is 0.903. The van der Waals surface area contributed by atoms with Gasteiger partial charge < -0.3 is 19.4 Å². The lowest BCUT2D eigenvalue weighted by Gasteiger charge is -2.24. The predicted molar refractivity (Wildman–Crippen MR) is 100 cm³/mol. The van der Waals surface area contributed by atoms with Gasteiger partial charge in [0.25, 0.3) is 0 Å². The van der Waals surface area contributed by atoms with Crippen LogP contribution >= 0.6 is 0 Å². The first-order chi connectivity index (χ1) is 12.5. The SMILES string of the molecule is COc1ccc2c(c1)CCN(C(=O)[C@H]1CC(=O)N(CCN(C)C)C1)CC2. The molecule has 142 valence electrons. The van der Waals surface area contributed by atoms with E-state index in [1.807, 2.05) is 30.0 Å². The number of carbonyl (C=O) groups excluding carboxylic acids is 2. The summed E-state index contributed by atoms with van der Waals surface area (Å²) in [7, 11) is 5.66. The molecule has 0 N–H and O–H groups in total. The van der Waals surface area contributed by atoms with Crippen molar-refractivity contribution in [2.75, 3.05) is 53.9 Å². The molecule has 0 spiro atoms. The van der Waals surface area contributed by atoms with Crippen LogP contribution in [-0.2, 0) is 22.4 Å². The molecule has 2 heterocycles. The zero-order chi connectivity index (χ0) is 18.7. The molecule has 0 bridgehead atoms. The van der Waals surface area contributed by atoms with E-state index in [-0.39, 0.29) is 17.7 Å². The second-order valence-electron chi connectivity index (χ2n) is 7.50. The lowest BCUT2D eigenvalue weighted by molar-refractivity contribution is -0.135. The van der Waals surface area contributed by atoms with Crippen molar-refractivity contribution in [1.29, 1.82) is 0 Å². The Hall–Kier alpha value is -2.08. The Morgan fingerprint density at radius 1 is 1.23 bits per heavy atom. The van der Waals surface area contributed by atoms with Gasteiger partial charge >= 0.3 is 0 Å². The van der Waals surface area contributed by atoms with E-state index in [0.717, 1.165) is 31.7 Å². The number of amides is 2. The maximum absolute atomic E-state index is 13.0. The Balaban J connectivity index is 1.60. The van der Waals surface area contributed by atoms with E-state index >= 15 is 0 Å². The number of hydrogen-bond donors (Lipinski definition) is 0. The zero-order valence-electron chi connectivity index (χ0n) is 16.0. The molecular weight excluding hydrogens is 330 g/mol. The largest absolute Gasteiger partial charge is 0.497 e. The molecule has 0 aliphatic carbocycles. The summed E-state index contributed by atoms with van der Waals surface area (Å²) < 4.78 is 5.31. The lowest BCUT2D eigenvalue weighted by Crippen LogP contribution is -2.39.